The second kappa shape index (κ2) is 6.44. The van der Waals surface area contributed by atoms with Crippen molar-refractivity contribution >= 4 is 12.0 Å². The van der Waals surface area contributed by atoms with Crippen LogP contribution in [0.5, 0.6) is 0 Å². The Hall–Kier alpha value is -2.07. The number of aryl methyl sites for hydroxylation is 1. The summed E-state index contributed by atoms with van der Waals surface area (Å²) in [6.45, 7) is 9.84. The van der Waals surface area contributed by atoms with Gasteiger partial charge in [0, 0.05) is 17.9 Å². The van der Waals surface area contributed by atoms with Crippen LogP contribution in [0.25, 0.3) is 6.08 Å². The SMILES string of the molecule is C=C(C)[C@H]1CCC2=C[C@@H](C/C(C)=C/c3cc(C)c(o3)[C@@H]1O)OC2=O. The van der Waals surface area contributed by atoms with Gasteiger partial charge in [0.05, 0.1) is 0 Å². The molecule has 0 spiro atoms. The fourth-order valence-electron chi connectivity index (χ4n) is 3.50. The highest BCUT2D eigenvalue weighted by molar-refractivity contribution is 5.90. The van der Waals surface area contributed by atoms with E-state index < -0.39 is 6.10 Å². The average Bonchev–Trinajstić information content (AvgIpc) is 3.01. The minimum atomic E-state index is -0.764. The molecule has 0 aliphatic carbocycles. The van der Waals surface area contributed by atoms with Gasteiger partial charge in [0.2, 0.25) is 0 Å². The second-order valence-electron chi connectivity index (χ2n) is 6.96. The lowest BCUT2D eigenvalue weighted by Gasteiger charge is -2.22. The van der Waals surface area contributed by atoms with E-state index in [0.29, 0.717) is 36.4 Å². The molecule has 1 N–H and O–H groups in total. The molecule has 4 nitrogen and oxygen atoms in total. The summed E-state index contributed by atoms with van der Waals surface area (Å²) >= 11 is 0. The van der Waals surface area contributed by atoms with E-state index in [1.807, 2.05) is 39.0 Å². The van der Waals surface area contributed by atoms with Gasteiger partial charge in [0.25, 0.3) is 0 Å². The van der Waals surface area contributed by atoms with E-state index in [4.69, 9.17) is 9.15 Å². The number of carbonyl (C=O) groups excluding carboxylic acids is 1. The smallest absolute Gasteiger partial charge is 0.334 e. The molecule has 24 heavy (non-hydrogen) atoms. The van der Waals surface area contributed by atoms with E-state index in [-0.39, 0.29) is 18.0 Å². The maximum absolute atomic E-state index is 12.0. The van der Waals surface area contributed by atoms with Crippen molar-refractivity contribution in [1.82, 2.24) is 0 Å². The summed E-state index contributed by atoms with van der Waals surface area (Å²) in [7, 11) is 0. The van der Waals surface area contributed by atoms with Gasteiger partial charge in [-0.3, -0.25) is 0 Å². The van der Waals surface area contributed by atoms with E-state index >= 15 is 0 Å². The zero-order chi connectivity index (χ0) is 17.4. The molecule has 4 heteroatoms. The van der Waals surface area contributed by atoms with Gasteiger partial charge in [-0.2, -0.15) is 0 Å². The molecule has 128 valence electrons. The third-order valence-corrected chi connectivity index (χ3v) is 4.80. The van der Waals surface area contributed by atoms with Crippen LogP contribution in [0.2, 0.25) is 0 Å². The number of carbonyl (C=O) groups is 1. The zero-order valence-corrected chi connectivity index (χ0v) is 14.5. The predicted octanol–water partition coefficient (Wildman–Crippen LogP) is 4.25. The van der Waals surface area contributed by atoms with Gasteiger partial charge in [-0.15, -0.1) is 0 Å². The van der Waals surface area contributed by atoms with E-state index in [2.05, 4.69) is 6.58 Å². The molecule has 2 aliphatic heterocycles. The number of esters is 1. The van der Waals surface area contributed by atoms with E-state index in [1.165, 1.54) is 0 Å². The fraction of sp³-hybridized carbons (Fsp3) is 0.450. The molecule has 2 aliphatic rings. The lowest BCUT2D eigenvalue weighted by Crippen LogP contribution is -2.15. The summed E-state index contributed by atoms with van der Waals surface area (Å²) in [5, 5.41) is 10.8. The highest BCUT2D eigenvalue weighted by Gasteiger charge is 2.30. The minimum absolute atomic E-state index is 0.165. The van der Waals surface area contributed by atoms with Crippen LogP contribution in [0, 0.1) is 12.8 Å². The number of ether oxygens (including phenoxy) is 1. The molecule has 0 fully saturated rings. The number of aliphatic hydroxyl groups excluding tert-OH is 1. The first kappa shape index (κ1) is 16.8. The van der Waals surface area contributed by atoms with Gasteiger partial charge >= 0.3 is 5.97 Å². The monoisotopic (exact) mass is 328 g/mol. The van der Waals surface area contributed by atoms with Crippen molar-refractivity contribution in [2.24, 2.45) is 5.92 Å². The third-order valence-electron chi connectivity index (χ3n) is 4.80. The maximum Gasteiger partial charge on any atom is 0.334 e. The molecule has 1 aromatic rings. The average molecular weight is 328 g/mol. The van der Waals surface area contributed by atoms with Crippen LogP contribution in [0.1, 0.15) is 56.3 Å². The van der Waals surface area contributed by atoms with Gasteiger partial charge in [-0.05, 0) is 57.4 Å². The number of fused-ring (bicyclic) bond motifs is 3. The standard InChI is InChI=1S/C20H24O4/c1-11(2)17-6-5-14-10-16(24-20(14)22)8-12(3)7-15-9-13(4)19(23-15)18(17)21/h7,9-10,16-18,21H,1,5-6,8H2,2-4H3/b12-7+/t16-,17-,18-/m1/s1. The third kappa shape index (κ3) is 3.24. The normalized spacial score (nSPS) is 29.5. The van der Waals surface area contributed by atoms with E-state index in [9.17, 15) is 9.90 Å². The Morgan fingerprint density at radius 1 is 1.38 bits per heavy atom. The van der Waals surface area contributed by atoms with Gasteiger partial charge in [-0.1, -0.05) is 17.7 Å². The topological polar surface area (TPSA) is 59.7 Å². The van der Waals surface area contributed by atoms with Crippen molar-refractivity contribution in [2.45, 2.75) is 52.2 Å². The Morgan fingerprint density at radius 3 is 2.83 bits per heavy atom. The number of hydrogen-bond acceptors (Lipinski definition) is 4. The molecular formula is C20H24O4. The lowest BCUT2D eigenvalue weighted by molar-refractivity contribution is -0.139. The quantitative estimate of drug-likeness (QED) is 0.618. The van der Waals surface area contributed by atoms with Crippen molar-refractivity contribution in [3.8, 4) is 0 Å². The van der Waals surface area contributed by atoms with Crippen molar-refractivity contribution in [3.63, 3.8) is 0 Å². The van der Waals surface area contributed by atoms with Gasteiger partial charge in [0.1, 0.15) is 23.7 Å². The lowest BCUT2D eigenvalue weighted by atomic mass is 9.87. The van der Waals surface area contributed by atoms with Crippen molar-refractivity contribution in [3.05, 3.63) is 52.5 Å². The van der Waals surface area contributed by atoms with E-state index in [0.717, 1.165) is 16.7 Å². The first-order valence-corrected chi connectivity index (χ1v) is 8.37. The molecule has 3 rings (SSSR count). The molecular weight excluding hydrogens is 304 g/mol. The van der Waals surface area contributed by atoms with Crippen LogP contribution < -0.4 is 0 Å². The minimum Gasteiger partial charge on any atom is -0.459 e. The van der Waals surface area contributed by atoms with Crippen LogP contribution in [-0.4, -0.2) is 17.2 Å². The highest BCUT2D eigenvalue weighted by Crippen LogP contribution is 2.36. The molecule has 0 saturated heterocycles. The van der Waals surface area contributed by atoms with Gasteiger partial charge in [-0.25, -0.2) is 4.79 Å². The Labute approximate surface area is 142 Å². The number of aliphatic hydroxyl groups is 1. The number of rotatable bonds is 1. The molecule has 3 heterocycles. The second-order valence-corrected chi connectivity index (χ2v) is 6.96. The summed E-state index contributed by atoms with van der Waals surface area (Å²) in [5.74, 6) is 0.894. The Morgan fingerprint density at radius 2 is 2.12 bits per heavy atom. The Bertz CT molecular complexity index is 735. The number of hydrogen-bond donors (Lipinski definition) is 1. The van der Waals surface area contributed by atoms with Crippen molar-refractivity contribution in [1.29, 1.82) is 0 Å². The Balaban J connectivity index is 2.02. The van der Waals surface area contributed by atoms with Crippen molar-refractivity contribution in [2.75, 3.05) is 0 Å². The van der Waals surface area contributed by atoms with Crippen LogP contribution in [-0.2, 0) is 9.53 Å². The summed E-state index contributed by atoms with van der Waals surface area (Å²) in [6.07, 6.45) is 4.73. The summed E-state index contributed by atoms with van der Waals surface area (Å²) in [5.41, 5.74) is 3.57. The molecule has 0 radical (unpaired) electrons. The van der Waals surface area contributed by atoms with E-state index in [1.54, 1.807) is 0 Å². The summed E-state index contributed by atoms with van der Waals surface area (Å²) < 4.78 is 11.3. The first-order valence-electron chi connectivity index (χ1n) is 8.37. The molecule has 4 bridgehead atoms. The molecule has 0 unspecified atom stereocenters. The molecule has 3 atom stereocenters. The van der Waals surface area contributed by atoms with Gasteiger partial charge in [0.15, 0.2) is 0 Å². The predicted molar refractivity (Wildman–Crippen MR) is 92.2 cm³/mol. The zero-order valence-electron chi connectivity index (χ0n) is 14.5. The summed E-state index contributed by atoms with van der Waals surface area (Å²) in [4.78, 5) is 12.0. The van der Waals surface area contributed by atoms with Crippen LogP contribution >= 0.6 is 0 Å². The Kier molecular flexibility index (Phi) is 4.50. The fourth-order valence-corrected chi connectivity index (χ4v) is 3.50. The van der Waals surface area contributed by atoms with Crippen LogP contribution in [0.4, 0.5) is 0 Å². The van der Waals surface area contributed by atoms with Gasteiger partial charge < -0.3 is 14.3 Å². The largest absolute Gasteiger partial charge is 0.459 e. The van der Waals surface area contributed by atoms with Crippen LogP contribution in [0.3, 0.4) is 0 Å². The number of furan rings is 1. The van der Waals surface area contributed by atoms with Crippen LogP contribution in [0.15, 0.2) is 39.9 Å². The highest BCUT2D eigenvalue weighted by atomic mass is 16.5. The van der Waals surface area contributed by atoms with Crippen molar-refractivity contribution < 1.29 is 19.1 Å². The first-order chi connectivity index (χ1) is 11.3. The molecule has 1 aromatic heterocycles. The maximum atomic E-state index is 12.0. The molecule has 0 amide bonds. The molecule has 0 aromatic carbocycles. The molecule has 0 saturated carbocycles. The summed E-state index contributed by atoms with van der Waals surface area (Å²) in [6, 6.07) is 1.94.